The Morgan fingerprint density at radius 2 is 1.91 bits per heavy atom. The Hall–Kier alpha value is -1.79. The number of carbonyl (C=O) groups excluding carboxylic acids is 1. The molecule has 1 N–H and O–H groups in total. The largest absolute Gasteiger partial charge is 0.497 e. The maximum absolute atomic E-state index is 12.4. The van der Waals surface area contributed by atoms with Crippen molar-refractivity contribution in [3.05, 3.63) is 23.8 Å². The van der Waals surface area contributed by atoms with Crippen molar-refractivity contribution in [1.29, 1.82) is 0 Å². The van der Waals surface area contributed by atoms with Crippen molar-refractivity contribution in [2.45, 2.75) is 13.0 Å². The minimum absolute atomic E-state index is 0.120. The van der Waals surface area contributed by atoms with E-state index in [4.69, 9.17) is 9.47 Å². The Kier molecular flexibility index (Phi) is 6.24. The SMILES string of the molecule is COc1ccc(C(=O)NC[C@@H](C)N2CCN(C)CC2)c(OC)c1. The summed E-state index contributed by atoms with van der Waals surface area (Å²) in [4.78, 5) is 17.1. The van der Waals surface area contributed by atoms with Crippen molar-refractivity contribution < 1.29 is 14.3 Å². The first-order valence-corrected chi connectivity index (χ1v) is 7.98. The van der Waals surface area contributed by atoms with E-state index in [0.29, 0.717) is 29.6 Å². The summed E-state index contributed by atoms with van der Waals surface area (Å²) in [6.45, 7) is 7.00. The second-order valence-corrected chi connectivity index (χ2v) is 5.96. The van der Waals surface area contributed by atoms with Gasteiger partial charge in [0.05, 0.1) is 19.8 Å². The highest BCUT2D eigenvalue weighted by molar-refractivity contribution is 5.97. The minimum Gasteiger partial charge on any atom is -0.497 e. The van der Waals surface area contributed by atoms with Crippen molar-refractivity contribution in [2.24, 2.45) is 0 Å². The molecule has 1 aliphatic rings. The van der Waals surface area contributed by atoms with Gasteiger partial charge in [-0.2, -0.15) is 0 Å². The number of piperazine rings is 1. The number of ether oxygens (including phenoxy) is 2. The van der Waals surface area contributed by atoms with Crippen molar-refractivity contribution >= 4 is 5.91 Å². The molecule has 1 fully saturated rings. The van der Waals surface area contributed by atoms with E-state index in [1.54, 1.807) is 32.4 Å². The molecule has 0 spiro atoms. The van der Waals surface area contributed by atoms with Crippen LogP contribution in [0.5, 0.6) is 11.5 Å². The molecule has 0 aromatic heterocycles. The summed E-state index contributed by atoms with van der Waals surface area (Å²) in [7, 11) is 5.28. The van der Waals surface area contributed by atoms with E-state index in [1.165, 1.54) is 0 Å². The van der Waals surface area contributed by atoms with Crippen molar-refractivity contribution in [3.63, 3.8) is 0 Å². The summed E-state index contributed by atoms with van der Waals surface area (Å²) in [6.07, 6.45) is 0. The smallest absolute Gasteiger partial charge is 0.255 e. The molecule has 2 rings (SSSR count). The van der Waals surface area contributed by atoms with Gasteiger partial charge in [-0.05, 0) is 26.1 Å². The zero-order valence-corrected chi connectivity index (χ0v) is 14.5. The number of methoxy groups -OCH3 is 2. The maximum Gasteiger partial charge on any atom is 0.255 e. The second kappa shape index (κ2) is 8.17. The second-order valence-electron chi connectivity index (χ2n) is 5.96. The molecule has 1 aromatic carbocycles. The van der Waals surface area contributed by atoms with Crippen molar-refractivity contribution in [2.75, 3.05) is 54.0 Å². The average molecular weight is 321 g/mol. The number of hydrogen-bond acceptors (Lipinski definition) is 5. The molecule has 6 nitrogen and oxygen atoms in total. The third kappa shape index (κ3) is 4.59. The van der Waals surface area contributed by atoms with E-state index in [9.17, 15) is 4.79 Å². The van der Waals surface area contributed by atoms with Crippen molar-refractivity contribution in [3.8, 4) is 11.5 Å². The van der Waals surface area contributed by atoms with E-state index in [1.807, 2.05) is 0 Å². The summed E-state index contributed by atoms with van der Waals surface area (Å²) < 4.78 is 10.4. The number of amides is 1. The quantitative estimate of drug-likeness (QED) is 0.849. The molecular formula is C17H27N3O3. The van der Waals surface area contributed by atoms with Gasteiger partial charge in [0.15, 0.2) is 0 Å². The highest BCUT2D eigenvalue weighted by Crippen LogP contribution is 2.24. The van der Waals surface area contributed by atoms with E-state index in [2.05, 4.69) is 29.1 Å². The predicted octanol–water partition coefficient (Wildman–Crippen LogP) is 1.07. The van der Waals surface area contributed by atoms with Gasteiger partial charge in [-0.3, -0.25) is 9.69 Å². The Balaban J connectivity index is 1.91. The lowest BCUT2D eigenvalue weighted by molar-refractivity contribution is 0.0901. The zero-order chi connectivity index (χ0) is 16.8. The third-order valence-electron chi connectivity index (χ3n) is 4.37. The molecule has 128 valence electrons. The molecule has 6 heteroatoms. The molecule has 0 bridgehead atoms. The van der Waals surface area contributed by atoms with Gasteiger partial charge in [0, 0.05) is 44.8 Å². The number of rotatable bonds is 6. The van der Waals surface area contributed by atoms with Gasteiger partial charge >= 0.3 is 0 Å². The molecule has 1 aromatic rings. The van der Waals surface area contributed by atoms with Crippen LogP contribution in [0.2, 0.25) is 0 Å². The number of hydrogen-bond donors (Lipinski definition) is 1. The zero-order valence-electron chi connectivity index (χ0n) is 14.5. The number of nitrogens with zero attached hydrogens (tertiary/aromatic N) is 2. The van der Waals surface area contributed by atoms with Gasteiger partial charge in [-0.25, -0.2) is 0 Å². The van der Waals surface area contributed by atoms with Crippen LogP contribution in [0.25, 0.3) is 0 Å². The molecular weight excluding hydrogens is 294 g/mol. The van der Waals surface area contributed by atoms with E-state index in [-0.39, 0.29) is 5.91 Å². The van der Waals surface area contributed by atoms with Gasteiger partial charge in [0.25, 0.3) is 5.91 Å². The number of likely N-dealkylation sites (N-methyl/N-ethyl adjacent to an activating group) is 1. The Labute approximate surface area is 138 Å². The molecule has 0 saturated carbocycles. The summed E-state index contributed by atoms with van der Waals surface area (Å²) in [5.74, 6) is 1.07. The summed E-state index contributed by atoms with van der Waals surface area (Å²) in [6, 6.07) is 5.53. The normalized spacial score (nSPS) is 17.6. The van der Waals surface area contributed by atoms with E-state index >= 15 is 0 Å². The fourth-order valence-corrected chi connectivity index (χ4v) is 2.71. The Morgan fingerprint density at radius 1 is 1.22 bits per heavy atom. The lowest BCUT2D eigenvalue weighted by atomic mass is 10.1. The first-order chi connectivity index (χ1) is 11.0. The first kappa shape index (κ1) is 17.6. The number of carbonyl (C=O) groups is 1. The lowest BCUT2D eigenvalue weighted by Gasteiger charge is -2.36. The molecule has 23 heavy (non-hydrogen) atoms. The van der Waals surface area contributed by atoms with Crippen LogP contribution in [-0.2, 0) is 0 Å². The van der Waals surface area contributed by atoms with Gasteiger partial charge in [-0.1, -0.05) is 0 Å². The molecule has 1 heterocycles. The minimum atomic E-state index is -0.120. The van der Waals surface area contributed by atoms with Gasteiger partial charge in [0.2, 0.25) is 0 Å². The third-order valence-corrected chi connectivity index (χ3v) is 4.37. The van der Waals surface area contributed by atoms with Crippen LogP contribution in [0.1, 0.15) is 17.3 Å². The van der Waals surface area contributed by atoms with Gasteiger partial charge in [-0.15, -0.1) is 0 Å². The number of benzene rings is 1. The number of nitrogens with one attached hydrogen (secondary N) is 1. The molecule has 0 radical (unpaired) electrons. The fourth-order valence-electron chi connectivity index (χ4n) is 2.71. The van der Waals surface area contributed by atoms with Crippen molar-refractivity contribution in [1.82, 2.24) is 15.1 Å². The van der Waals surface area contributed by atoms with Crippen LogP contribution < -0.4 is 14.8 Å². The fraction of sp³-hybridized carbons (Fsp3) is 0.588. The molecule has 1 aliphatic heterocycles. The predicted molar refractivity (Wildman–Crippen MR) is 90.4 cm³/mol. The average Bonchev–Trinajstić information content (AvgIpc) is 2.59. The molecule has 1 saturated heterocycles. The summed E-state index contributed by atoms with van der Waals surface area (Å²) in [5.41, 5.74) is 0.527. The van der Waals surface area contributed by atoms with Crippen LogP contribution in [0.4, 0.5) is 0 Å². The molecule has 1 atom stereocenters. The Morgan fingerprint density at radius 3 is 2.52 bits per heavy atom. The van der Waals surface area contributed by atoms with Crippen LogP contribution in [0, 0.1) is 0 Å². The summed E-state index contributed by atoms with van der Waals surface area (Å²) in [5, 5.41) is 3.00. The Bertz CT molecular complexity index is 528. The highest BCUT2D eigenvalue weighted by Gasteiger charge is 2.20. The summed E-state index contributed by atoms with van der Waals surface area (Å²) >= 11 is 0. The highest BCUT2D eigenvalue weighted by atomic mass is 16.5. The topological polar surface area (TPSA) is 54.0 Å². The van der Waals surface area contributed by atoms with Crippen LogP contribution >= 0.6 is 0 Å². The van der Waals surface area contributed by atoms with Gasteiger partial charge < -0.3 is 19.7 Å². The van der Waals surface area contributed by atoms with Crippen LogP contribution in [0.15, 0.2) is 18.2 Å². The van der Waals surface area contributed by atoms with E-state index in [0.717, 1.165) is 26.2 Å². The molecule has 0 unspecified atom stereocenters. The first-order valence-electron chi connectivity index (χ1n) is 7.98. The van der Waals surface area contributed by atoms with Gasteiger partial charge in [0.1, 0.15) is 11.5 Å². The van der Waals surface area contributed by atoms with Crippen LogP contribution in [0.3, 0.4) is 0 Å². The van der Waals surface area contributed by atoms with Crippen LogP contribution in [-0.4, -0.2) is 75.7 Å². The molecule has 1 amide bonds. The monoisotopic (exact) mass is 321 g/mol. The standard InChI is InChI=1S/C17H27N3O3/c1-13(20-9-7-19(2)8-10-20)12-18-17(21)15-6-5-14(22-3)11-16(15)23-4/h5-6,11,13H,7-10,12H2,1-4H3,(H,18,21)/t13-/m1/s1. The lowest BCUT2D eigenvalue weighted by Crippen LogP contribution is -2.51. The van der Waals surface area contributed by atoms with E-state index < -0.39 is 0 Å². The maximum atomic E-state index is 12.4. The molecule has 0 aliphatic carbocycles.